The number of benzene rings is 3. The van der Waals surface area contributed by atoms with Gasteiger partial charge in [0.05, 0.1) is 22.6 Å². The van der Waals surface area contributed by atoms with Gasteiger partial charge in [-0.15, -0.1) is 0 Å². The van der Waals surface area contributed by atoms with Crippen molar-refractivity contribution in [3.05, 3.63) is 105 Å². The van der Waals surface area contributed by atoms with Crippen LogP contribution in [0.3, 0.4) is 0 Å². The van der Waals surface area contributed by atoms with Crippen LogP contribution in [0.1, 0.15) is 47.6 Å². The first-order valence-electron chi connectivity index (χ1n) is 12.3. The van der Waals surface area contributed by atoms with Crippen LogP contribution < -0.4 is 16.7 Å². The second kappa shape index (κ2) is 11.7. The Hall–Kier alpha value is -3.82. The molecule has 1 aromatic heterocycles. The summed E-state index contributed by atoms with van der Waals surface area (Å²) in [6.45, 7) is 4.41. The zero-order chi connectivity index (χ0) is 27.4. The van der Waals surface area contributed by atoms with Gasteiger partial charge in [-0.05, 0) is 68.8 Å². The van der Waals surface area contributed by atoms with Gasteiger partial charge in [-0.1, -0.05) is 36.2 Å². The quantitative estimate of drug-likeness (QED) is 0.295. The van der Waals surface area contributed by atoms with E-state index in [-0.39, 0.29) is 22.8 Å². The molecular weight excluding hydrogens is 512 g/mol. The number of nitrogens with one attached hydrogen (secondary N) is 1. The van der Waals surface area contributed by atoms with Crippen LogP contribution in [-0.4, -0.2) is 33.6 Å². The number of fused-ring (bicyclic) bond motifs is 1. The molecule has 1 unspecified atom stereocenters. The molecular formula is C28H28ClF2N5O2. The van der Waals surface area contributed by atoms with E-state index in [1.807, 2.05) is 26.0 Å². The summed E-state index contributed by atoms with van der Waals surface area (Å²) in [5.74, 6) is -1.57. The number of carbonyl (C=O) groups excluding carboxylic acids is 1. The van der Waals surface area contributed by atoms with E-state index in [4.69, 9.17) is 22.3 Å². The molecule has 38 heavy (non-hydrogen) atoms. The molecule has 0 bridgehead atoms. The van der Waals surface area contributed by atoms with Crippen molar-refractivity contribution in [2.45, 2.75) is 32.7 Å². The van der Waals surface area contributed by atoms with Crippen LogP contribution in [0, 0.1) is 18.6 Å². The van der Waals surface area contributed by atoms with E-state index in [2.05, 4.69) is 5.43 Å². The highest BCUT2D eigenvalue weighted by atomic mass is 35.5. The summed E-state index contributed by atoms with van der Waals surface area (Å²) in [7, 11) is 0. The predicted octanol–water partition coefficient (Wildman–Crippen LogP) is 5.45. The van der Waals surface area contributed by atoms with Crippen LogP contribution in [0.25, 0.3) is 10.9 Å². The van der Waals surface area contributed by atoms with Crippen LogP contribution in [-0.2, 0) is 0 Å². The number of nitrogens with zero attached hydrogens (tertiary/aromatic N) is 3. The molecule has 0 spiro atoms. The standard InChI is InChI=1S/C28H28ClF2N5O2/c1-3-25(35(14-4-13-32)27(37)18-7-5-17(2)6-8-18)26-33-23-15-19(29)9-11-21(23)28(38)36(26)34-24-16-20(30)10-12-22(24)31/h5-12,15-16,25,34H,3-4,13-14,32H2,1-2H3. The van der Waals surface area contributed by atoms with Gasteiger partial charge in [-0.25, -0.2) is 18.4 Å². The maximum absolute atomic E-state index is 14.6. The minimum atomic E-state index is -0.760. The average molecular weight is 540 g/mol. The van der Waals surface area contributed by atoms with Crippen molar-refractivity contribution in [2.24, 2.45) is 5.73 Å². The first kappa shape index (κ1) is 27.2. The highest BCUT2D eigenvalue weighted by Gasteiger charge is 2.29. The summed E-state index contributed by atoms with van der Waals surface area (Å²) in [6, 6.07) is 13.9. The van der Waals surface area contributed by atoms with Gasteiger partial charge in [0.2, 0.25) is 0 Å². The predicted molar refractivity (Wildman–Crippen MR) is 145 cm³/mol. The zero-order valence-electron chi connectivity index (χ0n) is 21.0. The van der Waals surface area contributed by atoms with Crippen LogP contribution in [0.4, 0.5) is 14.5 Å². The van der Waals surface area contributed by atoms with E-state index in [0.717, 1.165) is 28.4 Å². The van der Waals surface area contributed by atoms with Gasteiger partial charge in [0.15, 0.2) is 5.82 Å². The molecule has 7 nitrogen and oxygen atoms in total. The third-order valence-electron chi connectivity index (χ3n) is 6.24. The van der Waals surface area contributed by atoms with Crippen molar-refractivity contribution >= 4 is 34.1 Å². The van der Waals surface area contributed by atoms with Gasteiger partial charge in [0.25, 0.3) is 11.5 Å². The van der Waals surface area contributed by atoms with Crippen LogP contribution in [0.5, 0.6) is 0 Å². The van der Waals surface area contributed by atoms with Gasteiger partial charge in [0.1, 0.15) is 11.6 Å². The number of rotatable bonds is 9. The monoisotopic (exact) mass is 539 g/mol. The molecule has 0 saturated heterocycles. The highest BCUT2D eigenvalue weighted by molar-refractivity contribution is 6.31. The molecule has 3 N–H and O–H groups in total. The van der Waals surface area contributed by atoms with Gasteiger partial charge in [-0.3, -0.25) is 15.0 Å². The third kappa shape index (κ3) is 5.69. The maximum atomic E-state index is 14.6. The van der Waals surface area contributed by atoms with Crippen molar-refractivity contribution in [1.82, 2.24) is 14.6 Å². The summed E-state index contributed by atoms with van der Waals surface area (Å²) in [5, 5.41) is 0.594. The van der Waals surface area contributed by atoms with Gasteiger partial charge in [0, 0.05) is 23.2 Å². The van der Waals surface area contributed by atoms with Crippen LogP contribution >= 0.6 is 11.6 Å². The molecule has 4 aromatic rings. The summed E-state index contributed by atoms with van der Waals surface area (Å²) in [5.41, 5.74) is 9.46. The van der Waals surface area contributed by atoms with Crippen LogP contribution in [0.2, 0.25) is 5.02 Å². The number of anilines is 1. The fourth-order valence-electron chi connectivity index (χ4n) is 4.28. The minimum Gasteiger partial charge on any atom is -0.330 e. The Morgan fingerprint density at radius 2 is 1.87 bits per heavy atom. The molecule has 0 radical (unpaired) electrons. The number of aryl methyl sites for hydroxylation is 1. The Bertz CT molecular complexity index is 1520. The number of aromatic nitrogens is 2. The fourth-order valence-corrected chi connectivity index (χ4v) is 4.44. The van der Waals surface area contributed by atoms with Crippen LogP contribution in [0.15, 0.2) is 65.5 Å². The molecule has 0 aliphatic heterocycles. The van der Waals surface area contributed by atoms with E-state index in [1.165, 1.54) is 6.07 Å². The second-order valence-electron chi connectivity index (χ2n) is 8.94. The number of hydrogen-bond acceptors (Lipinski definition) is 5. The van der Waals surface area contributed by atoms with E-state index in [1.54, 1.807) is 29.2 Å². The lowest BCUT2D eigenvalue weighted by atomic mass is 10.1. The Balaban J connectivity index is 1.92. The third-order valence-corrected chi connectivity index (χ3v) is 6.48. The molecule has 0 aliphatic rings. The summed E-state index contributed by atoms with van der Waals surface area (Å²) in [4.78, 5) is 33.7. The van der Waals surface area contributed by atoms with E-state index < -0.39 is 23.2 Å². The van der Waals surface area contributed by atoms with Crippen molar-refractivity contribution in [3.8, 4) is 0 Å². The zero-order valence-corrected chi connectivity index (χ0v) is 21.8. The molecule has 4 rings (SSSR count). The molecule has 0 aliphatic carbocycles. The molecule has 1 amide bonds. The highest BCUT2D eigenvalue weighted by Crippen LogP contribution is 2.27. The number of halogens is 3. The summed E-state index contributed by atoms with van der Waals surface area (Å²) in [6.07, 6.45) is 0.873. The number of nitrogens with two attached hydrogens (primary N) is 1. The Morgan fingerprint density at radius 1 is 1.13 bits per heavy atom. The molecule has 10 heteroatoms. The van der Waals surface area contributed by atoms with Gasteiger partial charge >= 0.3 is 0 Å². The lowest BCUT2D eigenvalue weighted by Crippen LogP contribution is -2.41. The fraction of sp³-hybridized carbons (Fsp3) is 0.250. The SMILES string of the molecule is CCC(c1nc2cc(Cl)ccc2c(=O)n1Nc1cc(F)ccc1F)N(CCCN)C(=O)c1ccc(C)cc1. The maximum Gasteiger partial charge on any atom is 0.280 e. The normalized spacial score (nSPS) is 11.9. The molecule has 1 atom stereocenters. The molecule has 3 aromatic carbocycles. The molecule has 0 saturated carbocycles. The summed E-state index contributed by atoms with van der Waals surface area (Å²) >= 11 is 6.18. The largest absolute Gasteiger partial charge is 0.330 e. The average Bonchev–Trinajstić information content (AvgIpc) is 2.90. The molecule has 198 valence electrons. The second-order valence-corrected chi connectivity index (χ2v) is 9.38. The smallest absolute Gasteiger partial charge is 0.280 e. The lowest BCUT2D eigenvalue weighted by Gasteiger charge is -2.32. The van der Waals surface area contributed by atoms with Crippen molar-refractivity contribution in [1.29, 1.82) is 0 Å². The van der Waals surface area contributed by atoms with Gasteiger partial charge in [-0.2, -0.15) is 0 Å². The topological polar surface area (TPSA) is 93.2 Å². The first-order chi connectivity index (χ1) is 18.2. The minimum absolute atomic E-state index is 0.147. The van der Waals surface area contributed by atoms with E-state index in [9.17, 15) is 18.4 Å². The first-order valence-corrected chi connectivity index (χ1v) is 12.6. The molecule has 1 heterocycles. The Kier molecular flexibility index (Phi) is 8.38. The summed E-state index contributed by atoms with van der Waals surface area (Å²) < 4.78 is 29.7. The van der Waals surface area contributed by atoms with Gasteiger partial charge < -0.3 is 10.6 Å². The Labute approximate surface area is 223 Å². The Morgan fingerprint density at radius 3 is 2.55 bits per heavy atom. The van der Waals surface area contributed by atoms with Crippen molar-refractivity contribution < 1.29 is 13.6 Å². The van der Waals surface area contributed by atoms with Crippen molar-refractivity contribution in [2.75, 3.05) is 18.5 Å². The number of carbonyl (C=O) groups is 1. The lowest BCUT2D eigenvalue weighted by molar-refractivity contribution is 0.0657. The number of amides is 1. The van der Waals surface area contributed by atoms with E-state index in [0.29, 0.717) is 42.0 Å². The van der Waals surface area contributed by atoms with E-state index >= 15 is 0 Å². The molecule has 0 fully saturated rings. The van der Waals surface area contributed by atoms with Crippen molar-refractivity contribution in [3.63, 3.8) is 0 Å². The number of hydrogen-bond donors (Lipinski definition) is 2.